The van der Waals surface area contributed by atoms with Gasteiger partial charge in [0.1, 0.15) is 6.10 Å². The Morgan fingerprint density at radius 3 is 2.38 bits per heavy atom. The van der Waals surface area contributed by atoms with Gasteiger partial charge >= 0.3 is 5.97 Å². The molecule has 0 bridgehead atoms. The second-order valence-electron chi connectivity index (χ2n) is 14.9. The molecule has 0 heterocycles. The van der Waals surface area contributed by atoms with E-state index < -0.39 is 0 Å². The Morgan fingerprint density at radius 1 is 1.00 bits per heavy atom. The summed E-state index contributed by atoms with van der Waals surface area (Å²) < 4.78 is 6.39. The van der Waals surface area contributed by atoms with Gasteiger partial charge in [0.2, 0.25) is 0 Å². The van der Waals surface area contributed by atoms with Crippen molar-refractivity contribution >= 4 is 5.97 Å². The number of hydrogen-bond donors (Lipinski definition) is 0. The van der Waals surface area contributed by atoms with E-state index in [4.69, 9.17) is 4.74 Å². The van der Waals surface area contributed by atoms with Gasteiger partial charge < -0.3 is 4.74 Å². The van der Waals surface area contributed by atoms with E-state index in [2.05, 4.69) is 61.1 Å². The molecular formula is C32H50O2. The standard InChI is InChI=1S/C32H50O2/c1-20-13-16-29(6)17-18-31(8)23(27(29)21(20)2)11-12-24-30(7)15-10-14-28(4,5)25(30)19-26(32(24,31)9)34-22(3)33/h11,21,24-27H,1,10,12-19H2,2-9H3. The van der Waals surface area contributed by atoms with Crippen LogP contribution in [0.5, 0.6) is 0 Å². The van der Waals surface area contributed by atoms with E-state index in [1.165, 1.54) is 50.5 Å². The first-order chi connectivity index (χ1) is 15.7. The molecule has 0 aromatic carbocycles. The van der Waals surface area contributed by atoms with Crippen molar-refractivity contribution in [2.24, 2.45) is 50.7 Å². The number of carbonyl (C=O) groups is 1. The molecule has 4 fully saturated rings. The third-order valence-corrected chi connectivity index (χ3v) is 13.1. The Balaban J connectivity index is 1.67. The Bertz CT molecular complexity index is 927. The minimum Gasteiger partial charge on any atom is -0.462 e. The van der Waals surface area contributed by atoms with Crippen LogP contribution in [0.1, 0.15) is 113 Å². The van der Waals surface area contributed by atoms with Crippen molar-refractivity contribution in [2.45, 2.75) is 119 Å². The van der Waals surface area contributed by atoms with Crippen molar-refractivity contribution in [1.82, 2.24) is 0 Å². The van der Waals surface area contributed by atoms with E-state index in [9.17, 15) is 4.79 Å². The second kappa shape index (κ2) is 7.48. The molecule has 2 nitrogen and oxygen atoms in total. The van der Waals surface area contributed by atoms with Crippen molar-refractivity contribution in [3.05, 3.63) is 23.8 Å². The zero-order chi connectivity index (χ0) is 24.9. The molecule has 190 valence electrons. The summed E-state index contributed by atoms with van der Waals surface area (Å²) >= 11 is 0. The molecule has 34 heavy (non-hydrogen) atoms. The van der Waals surface area contributed by atoms with Crippen molar-refractivity contribution in [3.63, 3.8) is 0 Å². The van der Waals surface area contributed by atoms with E-state index in [0.717, 1.165) is 12.8 Å². The zero-order valence-corrected chi connectivity index (χ0v) is 23.4. The van der Waals surface area contributed by atoms with Crippen LogP contribution in [0.15, 0.2) is 23.8 Å². The minimum atomic E-state index is -0.0954. The summed E-state index contributed by atoms with van der Waals surface area (Å²) in [5, 5.41) is 0. The molecule has 9 atom stereocenters. The van der Waals surface area contributed by atoms with E-state index in [-0.39, 0.29) is 22.9 Å². The van der Waals surface area contributed by atoms with Gasteiger partial charge in [0.25, 0.3) is 0 Å². The molecule has 9 unspecified atom stereocenters. The molecule has 0 radical (unpaired) electrons. The van der Waals surface area contributed by atoms with Crippen molar-refractivity contribution in [3.8, 4) is 0 Å². The van der Waals surface area contributed by atoms with Crippen LogP contribution >= 0.6 is 0 Å². The average Bonchev–Trinajstić information content (AvgIpc) is 2.73. The van der Waals surface area contributed by atoms with Gasteiger partial charge in [0.05, 0.1) is 0 Å². The fourth-order valence-corrected chi connectivity index (χ4v) is 11.0. The molecule has 5 rings (SSSR count). The first kappa shape index (κ1) is 24.6. The van der Waals surface area contributed by atoms with Gasteiger partial charge in [-0.3, -0.25) is 4.79 Å². The normalized spacial score (nSPS) is 51.8. The lowest BCUT2D eigenvalue weighted by Crippen LogP contribution is -2.68. The maximum Gasteiger partial charge on any atom is 0.302 e. The SMILES string of the molecule is C=C1CCC2(C)CCC3(C)C(=CCC4C5(C)CCCC(C)(C)C5CC(OC(C)=O)C43C)C2C1C. The highest BCUT2D eigenvalue weighted by Crippen LogP contribution is 2.76. The van der Waals surface area contributed by atoms with Crippen LogP contribution < -0.4 is 0 Å². The number of allylic oxidation sites excluding steroid dienone is 3. The third-order valence-electron chi connectivity index (χ3n) is 13.1. The molecule has 0 saturated heterocycles. The Kier molecular flexibility index (Phi) is 5.42. The predicted octanol–water partition coefficient (Wildman–Crippen LogP) is 8.52. The quantitative estimate of drug-likeness (QED) is 0.286. The molecule has 5 aliphatic carbocycles. The second-order valence-corrected chi connectivity index (χ2v) is 14.9. The van der Waals surface area contributed by atoms with Crippen LogP contribution in [0.4, 0.5) is 0 Å². The smallest absolute Gasteiger partial charge is 0.302 e. The van der Waals surface area contributed by atoms with Crippen molar-refractivity contribution in [1.29, 1.82) is 0 Å². The van der Waals surface area contributed by atoms with Crippen LogP contribution in [0.25, 0.3) is 0 Å². The van der Waals surface area contributed by atoms with Gasteiger partial charge in [-0.1, -0.05) is 78.7 Å². The molecule has 0 N–H and O–H groups in total. The fourth-order valence-electron chi connectivity index (χ4n) is 11.0. The topological polar surface area (TPSA) is 26.3 Å². The lowest BCUT2D eigenvalue weighted by Gasteiger charge is -2.72. The summed E-state index contributed by atoms with van der Waals surface area (Å²) in [6.45, 7) is 23.8. The van der Waals surface area contributed by atoms with Crippen LogP contribution in [-0.4, -0.2) is 12.1 Å². The van der Waals surface area contributed by atoms with E-state index in [1.54, 1.807) is 12.5 Å². The molecule has 2 heteroatoms. The van der Waals surface area contributed by atoms with Gasteiger partial charge in [-0.25, -0.2) is 0 Å². The molecule has 0 aromatic heterocycles. The van der Waals surface area contributed by atoms with Gasteiger partial charge in [0, 0.05) is 12.3 Å². The lowest BCUT2D eigenvalue weighted by molar-refractivity contribution is -0.238. The highest BCUT2D eigenvalue weighted by molar-refractivity contribution is 5.66. The first-order valence-corrected chi connectivity index (χ1v) is 14.3. The van der Waals surface area contributed by atoms with Crippen molar-refractivity contribution < 1.29 is 9.53 Å². The van der Waals surface area contributed by atoms with Crippen molar-refractivity contribution in [2.75, 3.05) is 0 Å². The Morgan fingerprint density at radius 2 is 1.71 bits per heavy atom. The average molecular weight is 467 g/mol. The first-order valence-electron chi connectivity index (χ1n) is 14.3. The molecule has 0 aromatic rings. The summed E-state index contributed by atoms with van der Waals surface area (Å²) in [5.74, 6) is 2.19. The summed E-state index contributed by atoms with van der Waals surface area (Å²) in [7, 11) is 0. The maximum absolute atomic E-state index is 12.5. The van der Waals surface area contributed by atoms with Crippen LogP contribution in [0, 0.1) is 50.7 Å². The van der Waals surface area contributed by atoms with E-state index >= 15 is 0 Å². The number of ether oxygens (including phenoxy) is 1. The minimum absolute atomic E-state index is 0.00519. The molecule has 4 saturated carbocycles. The fraction of sp³-hybridized carbons (Fsp3) is 0.844. The monoisotopic (exact) mass is 466 g/mol. The lowest BCUT2D eigenvalue weighted by atomic mass is 9.33. The molecule has 0 amide bonds. The summed E-state index contributed by atoms with van der Waals surface area (Å²) in [5.41, 5.74) is 4.17. The number of carbonyl (C=O) groups excluding carboxylic acids is 1. The predicted molar refractivity (Wildman–Crippen MR) is 140 cm³/mol. The highest BCUT2D eigenvalue weighted by atomic mass is 16.5. The molecule has 0 aliphatic heterocycles. The van der Waals surface area contributed by atoms with Crippen LogP contribution in [0.2, 0.25) is 0 Å². The zero-order valence-electron chi connectivity index (χ0n) is 23.4. The molecule has 0 spiro atoms. The van der Waals surface area contributed by atoms with Crippen LogP contribution in [0.3, 0.4) is 0 Å². The summed E-state index contributed by atoms with van der Waals surface area (Å²) in [4.78, 5) is 12.5. The summed E-state index contributed by atoms with van der Waals surface area (Å²) in [6, 6.07) is 0. The van der Waals surface area contributed by atoms with Gasteiger partial charge in [0.15, 0.2) is 0 Å². The molecule has 5 aliphatic rings. The Labute approximate surface area is 209 Å². The number of esters is 1. The van der Waals surface area contributed by atoms with Crippen LogP contribution in [-0.2, 0) is 9.53 Å². The highest BCUT2D eigenvalue weighted by Gasteiger charge is 2.70. The van der Waals surface area contributed by atoms with Gasteiger partial charge in [-0.15, -0.1) is 0 Å². The number of fused-ring (bicyclic) bond motifs is 7. The maximum atomic E-state index is 12.5. The van der Waals surface area contributed by atoms with E-state index in [0.29, 0.717) is 39.9 Å². The molecular weight excluding hydrogens is 416 g/mol. The Hall–Kier alpha value is -1.05. The van der Waals surface area contributed by atoms with E-state index in [1.807, 2.05) is 0 Å². The van der Waals surface area contributed by atoms with Gasteiger partial charge in [-0.2, -0.15) is 0 Å². The number of rotatable bonds is 1. The third kappa shape index (κ3) is 3.02. The van der Waals surface area contributed by atoms with Gasteiger partial charge in [-0.05, 0) is 96.7 Å². The largest absolute Gasteiger partial charge is 0.462 e. The number of hydrogen-bond acceptors (Lipinski definition) is 2. The summed E-state index contributed by atoms with van der Waals surface area (Å²) in [6.07, 6.45) is 13.8.